The van der Waals surface area contributed by atoms with E-state index in [1.165, 1.54) is 32.1 Å². The third-order valence-corrected chi connectivity index (χ3v) is 5.30. The molecule has 26 heavy (non-hydrogen) atoms. The van der Waals surface area contributed by atoms with Crippen molar-refractivity contribution >= 4 is 5.96 Å². The van der Waals surface area contributed by atoms with Crippen LogP contribution in [0.5, 0.6) is 0 Å². The molecule has 1 aliphatic heterocycles. The minimum Gasteiger partial charge on any atom is -0.469 e. The van der Waals surface area contributed by atoms with Gasteiger partial charge in [-0.3, -0.25) is 4.99 Å². The molecular weight excluding hydrogens is 328 g/mol. The topological polar surface area (TPSA) is 80.3 Å². The number of nitrogens with one attached hydrogen (secondary N) is 2. The van der Waals surface area contributed by atoms with Gasteiger partial charge in [0.2, 0.25) is 0 Å². The number of nitrogens with zero attached hydrogens (tertiary/aromatic N) is 4. The van der Waals surface area contributed by atoms with E-state index in [1.54, 1.807) is 12.6 Å². The molecule has 7 heteroatoms. The Labute approximate surface area is 154 Å². The summed E-state index contributed by atoms with van der Waals surface area (Å²) in [5.74, 6) is 2.99. The van der Waals surface area contributed by atoms with Crippen molar-refractivity contribution in [1.82, 2.24) is 25.4 Å². The van der Waals surface area contributed by atoms with Crippen LogP contribution in [0, 0.1) is 0 Å². The summed E-state index contributed by atoms with van der Waals surface area (Å²) in [6.45, 7) is 1.57. The van der Waals surface area contributed by atoms with Crippen LogP contribution >= 0.6 is 0 Å². The van der Waals surface area contributed by atoms with Crippen molar-refractivity contribution in [2.45, 2.75) is 70.0 Å². The maximum atomic E-state index is 5.42. The maximum absolute atomic E-state index is 5.42. The maximum Gasteiger partial charge on any atom is 0.191 e. The van der Waals surface area contributed by atoms with E-state index in [4.69, 9.17) is 9.41 Å². The monoisotopic (exact) mass is 356 g/mol. The van der Waals surface area contributed by atoms with Crippen LogP contribution in [-0.4, -0.2) is 39.4 Å². The van der Waals surface area contributed by atoms with Crippen LogP contribution in [0.2, 0.25) is 0 Å². The smallest absolute Gasteiger partial charge is 0.191 e. The number of aromatic nitrogens is 3. The molecule has 2 N–H and O–H groups in total. The van der Waals surface area contributed by atoms with Crippen LogP contribution in [0.15, 0.2) is 34.1 Å². The quantitative estimate of drug-likeness (QED) is 0.635. The van der Waals surface area contributed by atoms with Crippen LogP contribution in [0.1, 0.15) is 50.1 Å². The predicted molar refractivity (Wildman–Crippen MR) is 100.0 cm³/mol. The van der Waals surface area contributed by atoms with Gasteiger partial charge in [0.1, 0.15) is 17.9 Å². The van der Waals surface area contributed by atoms with Gasteiger partial charge in [-0.25, -0.2) is 9.67 Å². The van der Waals surface area contributed by atoms with Gasteiger partial charge in [-0.15, -0.1) is 0 Å². The van der Waals surface area contributed by atoms with Gasteiger partial charge in [0.15, 0.2) is 5.96 Å². The molecule has 1 atom stereocenters. The molecule has 2 aromatic rings. The normalized spacial score (nSPS) is 21.4. The first-order valence-electron chi connectivity index (χ1n) is 9.83. The predicted octanol–water partition coefficient (Wildman–Crippen LogP) is 2.30. The minimum absolute atomic E-state index is 0.336. The third-order valence-electron chi connectivity index (χ3n) is 5.30. The molecule has 0 radical (unpaired) electrons. The van der Waals surface area contributed by atoms with Crippen molar-refractivity contribution in [1.29, 1.82) is 0 Å². The van der Waals surface area contributed by atoms with E-state index >= 15 is 0 Å². The third kappa shape index (κ3) is 4.45. The fraction of sp³-hybridized carbons (Fsp3) is 0.632. The molecule has 1 aliphatic carbocycles. The Morgan fingerprint density at radius 2 is 2.08 bits per heavy atom. The Balaban J connectivity index is 1.37. The van der Waals surface area contributed by atoms with Crippen LogP contribution in [0.25, 0.3) is 0 Å². The summed E-state index contributed by atoms with van der Waals surface area (Å²) >= 11 is 0. The lowest BCUT2D eigenvalue weighted by atomic mass is 9.96. The molecule has 0 aromatic carbocycles. The van der Waals surface area contributed by atoms with Gasteiger partial charge < -0.3 is 15.1 Å². The summed E-state index contributed by atoms with van der Waals surface area (Å²) in [6.07, 6.45) is 12.6. The molecule has 2 aliphatic rings. The number of hydrogen-bond donors (Lipinski definition) is 2. The van der Waals surface area contributed by atoms with Crippen molar-refractivity contribution < 1.29 is 4.42 Å². The van der Waals surface area contributed by atoms with E-state index in [1.807, 2.05) is 16.8 Å². The number of hydrogen-bond acceptors (Lipinski definition) is 4. The SMILES string of the molecule is c1coc(CCN=C(NC2CCCCC2)NC2CCc3ncnn3C2)c1. The number of fused-ring (bicyclic) bond motifs is 1. The molecule has 1 unspecified atom stereocenters. The first-order chi connectivity index (χ1) is 12.9. The van der Waals surface area contributed by atoms with Crippen molar-refractivity contribution in [2.24, 2.45) is 4.99 Å². The number of furan rings is 1. The zero-order valence-electron chi connectivity index (χ0n) is 15.2. The Bertz CT molecular complexity index is 701. The lowest BCUT2D eigenvalue weighted by Gasteiger charge is -2.29. The lowest BCUT2D eigenvalue weighted by Crippen LogP contribution is -2.50. The van der Waals surface area contributed by atoms with Crippen molar-refractivity contribution in [3.63, 3.8) is 0 Å². The van der Waals surface area contributed by atoms with Crippen LogP contribution < -0.4 is 10.6 Å². The molecular formula is C19H28N6O. The van der Waals surface area contributed by atoms with Crippen LogP contribution in [-0.2, 0) is 19.4 Å². The largest absolute Gasteiger partial charge is 0.469 e. The van der Waals surface area contributed by atoms with Crippen LogP contribution in [0.4, 0.5) is 0 Å². The zero-order valence-corrected chi connectivity index (χ0v) is 15.2. The molecule has 1 saturated carbocycles. The molecule has 1 fully saturated rings. The van der Waals surface area contributed by atoms with Crippen LogP contribution in [0.3, 0.4) is 0 Å². The summed E-state index contributed by atoms with van der Waals surface area (Å²) in [5.41, 5.74) is 0. The second kappa shape index (κ2) is 8.38. The Morgan fingerprint density at radius 3 is 2.92 bits per heavy atom. The van der Waals surface area contributed by atoms with Crippen molar-refractivity contribution in [3.05, 3.63) is 36.3 Å². The summed E-state index contributed by atoms with van der Waals surface area (Å²) in [5, 5.41) is 11.6. The number of aliphatic imine (C=N–C) groups is 1. The summed E-state index contributed by atoms with van der Waals surface area (Å²) in [4.78, 5) is 9.13. The van der Waals surface area contributed by atoms with Crippen molar-refractivity contribution in [3.8, 4) is 0 Å². The second-order valence-corrected chi connectivity index (χ2v) is 7.28. The highest BCUT2D eigenvalue weighted by molar-refractivity contribution is 5.80. The van der Waals surface area contributed by atoms with Crippen molar-refractivity contribution in [2.75, 3.05) is 6.54 Å². The highest BCUT2D eigenvalue weighted by Gasteiger charge is 2.22. The van der Waals surface area contributed by atoms with Gasteiger partial charge in [0.05, 0.1) is 12.8 Å². The summed E-state index contributed by atoms with van der Waals surface area (Å²) in [6, 6.07) is 4.80. The molecule has 0 bridgehead atoms. The molecule has 0 spiro atoms. The molecule has 0 amide bonds. The molecule has 4 rings (SSSR count). The molecule has 140 valence electrons. The Morgan fingerprint density at radius 1 is 1.19 bits per heavy atom. The Hall–Kier alpha value is -2.31. The zero-order chi connectivity index (χ0) is 17.6. The van der Waals surface area contributed by atoms with E-state index < -0.39 is 0 Å². The van der Waals surface area contributed by atoms with E-state index in [0.717, 1.165) is 49.9 Å². The Kier molecular flexibility index (Phi) is 5.52. The summed E-state index contributed by atoms with van der Waals surface area (Å²) < 4.78 is 7.42. The second-order valence-electron chi connectivity index (χ2n) is 7.28. The number of aryl methyl sites for hydroxylation is 1. The van der Waals surface area contributed by atoms with Gasteiger partial charge in [0.25, 0.3) is 0 Å². The number of rotatable bonds is 5. The van der Waals surface area contributed by atoms with E-state index in [2.05, 4.69) is 20.7 Å². The van der Waals surface area contributed by atoms with Gasteiger partial charge in [-0.1, -0.05) is 19.3 Å². The highest BCUT2D eigenvalue weighted by Crippen LogP contribution is 2.17. The standard InChI is InChI=1S/C19H28N6O/c1-2-5-15(6-3-1)23-19(20-11-10-17-7-4-12-26-17)24-16-8-9-18-21-14-22-25(18)13-16/h4,7,12,14-16H,1-3,5-6,8-11,13H2,(H2,20,23,24). The van der Waals surface area contributed by atoms with Gasteiger partial charge in [-0.2, -0.15) is 5.10 Å². The number of guanidine groups is 1. The van der Waals surface area contributed by atoms with E-state index in [0.29, 0.717) is 12.1 Å². The fourth-order valence-corrected chi connectivity index (χ4v) is 3.85. The molecule has 0 saturated heterocycles. The first kappa shape index (κ1) is 17.1. The lowest BCUT2D eigenvalue weighted by molar-refractivity contribution is 0.379. The minimum atomic E-state index is 0.336. The van der Waals surface area contributed by atoms with Gasteiger partial charge in [-0.05, 0) is 31.4 Å². The van der Waals surface area contributed by atoms with E-state index in [9.17, 15) is 0 Å². The average molecular weight is 356 g/mol. The van der Waals surface area contributed by atoms with E-state index in [-0.39, 0.29) is 0 Å². The molecule has 7 nitrogen and oxygen atoms in total. The fourth-order valence-electron chi connectivity index (χ4n) is 3.85. The molecule has 3 heterocycles. The molecule has 2 aromatic heterocycles. The average Bonchev–Trinajstić information content (AvgIpc) is 3.33. The van der Waals surface area contributed by atoms with Gasteiger partial charge in [0, 0.05) is 31.5 Å². The summed E-state index contributed by atoms with van der Waals surface area (Å²) in [7, 11) is 0. The highest BCUT2D eigenvalue weighted by atomic mass is 16.3. The van der Waals surface area contributed by atoms with Gasteiger partial charge >= 0.3 is 0 Å². The first-order valence-corrected chi connectivity index (χ1v) is 9.83.